The van der Waals surface area contributed by atoms with E-state index < -0.39 is 77.1 Å². The fourth-order valence-electron chi connectivity index (χ4n) is 13.0. The number of nitrogens with one attached hydrogen (secondary N) is 2. The van der Waals surface area contributed by atoms with Gasteiger partial charge in [0.2, 0.25) is 5.79 Å². The molecule has 3 heterocycles. The number of ether oxygens (including phenoxy) is 3. The second kappa shape index (κ2) is 13.4. The minimum Gasteiger partial charge on any atom is -0.508 e. The van der Waals surface area contributed by atoms with E-state index in [9.17, 15) is 35.4 Å². The number of aromatic nitrogens is 1. The molecule has 12 nitrogen and oxygen atoms in total. The topological polar surface area (TPSA) is 194 Å². The highest BCUT2D eigenvalue weighted by Crippen LogP contribution is 2.67. The molecule has 0 radical (unpaired) electrons. The zero-order valence-corrected chi connectivity index (χ0v) is 33.2. The second-order valence-corrected chi connectivity index (χ2v) is 18.2. The summed E-state index contributed by atoms with van der Waals surface area (Å²) >= 11 is 0. The quantitative estimate of drug-likeness (QED) is 0.0678. The lowest BCUT2D eigenvalue weighted by Gasteiger charge is -2.67. The fraction of sp³-hybridized carbons (Fsp3) is 0.438. The third-order valence-electron chi connectivity index (χ3n) is 15.5. The van der Waals surface area contributed by atoms with Crippen molar-refractivity contribution in [2.45, 2.75) is 85.5 Å². The molecule has 11 rings (SSSR count). The van der Waals surface area contributed by atoms with Gasteiger partial charge in [-0.2, -0.15) is 0 Å². The van der Waals surface area contributed by atoms with E-state index in [-0.39, 0.29) is 29.0 Å². The van der Waals surface area contributed by atoms with Gasteiger partial charge in [0, 0.05) is 29.7 Å². The van der Waals surface area contributed by atoms with Gasteiger partial charge in [-0.05, 0) is 95.6 Å². The van der Waals surface area contributed by atoms with Gasteiger partial charge in [-0.15, -0.1) is 0 Å². The molecule has 4 aromatic carbocycles. The SMILES string of the molecule is CNCC1CC2C(OC3C(C(=O)Oc4c(CO)[nH]c5ccc6cc7ccccc7cc6c45)OC4(O)C(O)C=CC2C34O)C2C1(O)C=CC1CCCCC12c1ccc(O)cc1. The van der Waals surface area contributed by atoms with Crippen LogP contribution < -0.4 is 10.1 Å². The molecule has 60 heavy (non-hydrogen) atoms. The van der Waals surface area contributed by atoms with Gasteiger partial charge in [0.05, 0.1) is 34.9 Å². The van der Waals surface area contributed by atoms with Crippen molar-refractivity contribution in [1.29, 1.82) is 0 Å². The van der Waals surface area contributed by atoms with Crippen LogP contribution in [-0.2, 0) is 26.3 Å². The number of carbonyl (C=O) groups is 1. The van der Waals surface area contributed by atoms with Crippen molar-refractivity contribution in [3.8, 4) is 11.5 Å². The maximum Gasteiger partial charge on any atom is 0.343 e. The Labute approximate surface area is 346 Å². The Morgan fingerprint density at radius 2 is 1.75 bits per heavy atom. The Morgan fingerprint density at radius 3 is 2.52 bits per heavy atom. The number of allylic oxidation sites excluding steroid dienone is 1. The van der Waals surface area contributed by atoms with Crippen molar-refractivity contribution in [2.24, 2.45) is 29.6 Å². The molecule has 1 aromatic heterocycles. The smallest absolute Gasteiger partial charge is 0.343 e. The van der Waals surface area contributed by atoms with Crippen LogP contribution in [0.4, 0.5) is 0 Å². The van der Waals surface area contributed by atoms with E-state index >= 15 is 0 Å². The van der Waals surface area contributed by atoms with Crippen LogP contribution >= 0.6 is 0 Å². The molecule has 2 saturated carbocycles. The third kappa shape index (κ3) is 4.98. The van der Waals surface area contributed by atoms with Gasteiger partial charge in [-0.25, -0.2) is 4.79 Å². The highest BCUT2D eigenvalue weighted by Gasteiger charge is 2.79. The van der Waals surface area contributed by atoms with Gasteiger partial charge in [0.1, 0.15) is 18.0 Å². The van der Waals surface area contributed by atoms with E-state index in [0.29, 0.717) is 23.9 Å². The molecule has 8 N–H and O–H groups in total. The van der Waals surface area contributed by atoms with Gasteiger partial charge in [-0.1, -0.05) is 79.6 Å². The molecular formula is C48H50N2O10. The summed E-state index contributed by atoms with van der Waals surface area (Å²) in [7, 11) is 1.84. The number of fused-ring (bicyclic) bond motifs is 10. The summed E-state index contributed by atoms with van der Waals surface area (Å²) in [6, 6.07) is 23.0. The van der Waals surface area contributed by atoms with Crippen molar-refractivity contribution in [2.75, 3.05) is 13.6 Å². The molecule has 13 atom stereocenters. The van der Waals surface area contributed by atoms with Gasteiger partial charge in [0.15, 0.2) is 17.5 Å². The number of esters is 1. The maximum absolute atomic E-state index is 14.9. The number of aliphatic hydroxyl groups is 5. The minimum atomic E-state index is -2.65. The lowest BCUT2D eigenvalue weighted by atomic mass is 9.42. The number of aromatic hydroxyl groups is 1. The lowest BCUT2D eigenvalue weighted by Crippen LogP contribution is -2.77. The summed E-state index contributed by atoms with van der Waals surface area (Å²) in [4.78, 5) is 18.1. The molecule has 5 aromatic rings. The van der Waals surface area contributed by atoms with Crippen molar-refractivity contribution in [3.63, 3.8) is 0 Å². The van der Waals surface area contributed by atoms with Crippen molar-refractivity contribution < 1.29 is 49.6 Å². The summed E-state index contributed by atoms with van der Waals surface area (Å²) in [5.41, 5.74) is -2.51. The number of phenolic OH excluding ortho intramolecular Hbond substituents is 1. The number of phenols is 1. The molecule has 4 aliphatic carbocycles. The van der Waals surface area contributed by atoms with Gasteiger partial charge in [0.25, 0.3) is 0 Å². The first-order valence-electron chi connectivity index (χ1n) is 21.2. The number of rotatable bonds is 6. The first-order valence-corrected chi connectivity index (χ1v) is 21.2. The largest absolute Gasteiger partial charge is 0.508 e. The summed E-state index contributed by atoms with van der Waals surface area (Å²) < 4.78 is 19.6. The van der Waals surface area contributed by atoms with E-state index in [1.807, 2.05) is 73.8 Å². The number of benzene rings is 4. The van der Waals surface area contributed by atoms with Gasteiger partial charge >= 0.3 is 5.97 Å². The van der Waals surface area contributed by atoms with Crippen LogP contribution in [-0.4, -0.2) is 96.6 Å². The number of aliphatic hydroxyl groups excluding tert-OH is 2. The maximum atomic E-state index is 14.9. The molecule has 312 valence electrons. The molecule has 0 bridgehead atoms. The summed E-state index contributed by atoms with van der Waals surface area (Å²) in [5.74, 6) is -5.68. The third-order valence-corrected chi connectivity index (χ3v) is 15.5. The average Bonchev–Trinajstić information content (AvgIpc) is 3.73. The van der Waals surface area contributed by atoms with Crippen LogP contribution in [0.1, 0.15) is 43.4 Å². The highest BCUT2D eigenvalue weighted by molar-refractivity contribution is 6.14. The first-order chi connectivity index (χ1) is 29.0. The molecule has 0 amide bonds. The fourth-order valence-corrected chi connectivity index (χ4v) is 13.0. The van der Waals surface area contributed by atoms with Gasteiger partial charge < -0.3 is 55.2 Å². The van der Waals surface area contributed by atoms with E-state index in [2.05, 4.69) is 16.4 Å². The van der Waals surface area contributed by atoms with Crippen LogP contribution in [0.2, 0.25) is 0 Å². The first kappa shape index (κ1) is 38.3. The predicted octanol–water partition coefficient (Wildman–Crippen LogP) is 4.61. The van der Waals surface area contributed by atoms with E-state index in [1.54, 1.807) is 18.2 Å². The Bertz CT molecular complexity index is 2610. The minimum absolute atomic E-state index is 0.0198. The average molecular weight is 815 g/mol. The zero-order chi connectivity index (χ0) is 41.3. The molecule has 0 spiro atoms. The monoisotopic (exact) mass is 814 g/mol. The Morgan fingerprint density at radius 1 is 0.967 bits per heavy atom. The Hall–Kier alpha value is -4.63. The molecular weight excluding hydrogens is 765 g/mol. The number of aromatic amines is 1. The lowest BCUT2D eigenvalue weighted by molar-refractivity contribution is -0.345. The Balaban J connectivity index is 1.05. The molecule has 2 aliphatic heterocycles. The van der Waals surface area contributed by atoms with Gasteiger partial charge in [-0.3, -0.25) is 0 Å². The zero-order valence-electron chi connectivity index (χ0n) is 33.2. The van der Waals surface area contributed by atoms with E-state index in [0.717, 1.165) is 52.8 Å². The van der Waals surface area contributed by atoms with Crippen molar-refractivity contribution >= 4 is 38.4 Å². The van der Waals surface area contributed by atoms with Crippen LogP contribution in [0, 0.1) is 29.6 Å². The Kier molecular flexibility index (Phi) is 8.58. The summed E-state index contributed by atoms with van der Waals surface area (Å²) in [5, 5.41) is 78.6. The summed E-state index contributed by atoms with van der Waals surface area (Å²) in [6.45, 7) is -0.0297. The van der Waals surface area contributed by atoms with Crippen LogP contribution in [0.3, 0.4) is 0 Å². The van der Waals surface area contributed by atoms with Crippen LogP contribution in [0.5, 0.6) is 11.5 Å². The van der Waals surface area contributed by atoms with Crippen molar-refractivity contribution in [3.05, 3.63) is 108 Å². The van der Waals surface area contributed by atoms with E-state index in [1.165, 1.54) is 6.08 Å². The number of carbonyl (C=O) groups excluding carboxylic acids is 1. The van der Waals surface area contributed by atoms with Crippen LogP contribution in [0.15, 0.2) is 97.1 Å². The number of hydrogen-bond acceptors (Lipinski definition) is 11. The molecule has 4 fully saturated rings. The van der Waals surface area contributed by atoms with Crippen molar-refractivity contribution in [1.82, 2.24) is 10.3 Å². The summed E-state index contributed by atoms with van der Waals surface area (Å²) in [6.07, 6.45) is 5.38. The number of hydrogen-bond donors (Lipinski definition) is 8. The standard InChI is InChI=1S/C48H50N2O10/c1-49-23-30-22-33-34-14-16-37(53)48(57)47(34,56)43(58-39(33)42-45(29-10-12-31(52)13-11-29)18-5-4-8-28(45)17-19-46(30,42)55)41(60-48)44(54)59-40-36(24-51)50-35-15-9-27-20-25-6-2-3-7-26(25)21-32(27)38(35)40/h2-3,6-7,9-17,19-21,28,30,33-34,37,39,41-43,49-53,55-57H,4-5,8,18,22-24H2,1H3. The highest BCUT2D eigenvalue weighted by atomic mass is 16.7. The molecule has 2 saturated heterocycles. The van der Waals surface area contributed by atoms with E-state index in [4.69, 9.17) is 14.2 Å². The van der Waals surface area contributed by atoms with Crippen LogP contribution in [0.25, 0.3) is 32.4 Å². The molecule has 12 heteroatoms. The molecule has 6 aliphatic rings. The predicted molar refractivity (Wildman–Crippen MR) is 222 cm³/mol. The number of H-pyrrole nitrogens is 1. The second-order valence-electron chi connectivity index (χ2n) is 18.2. The normalized spacial score (nSPS) is 39.0. The molecule has 13 unspecified atom stereocenters.